The van der Waals surface area contributed by atoms with Gasteiger partial charge >= 0.3 is 5.97 Å². The number of aryl methyl sites for hydroxylation is 3. The van der Waals surface area contributed by atoms with Gasteiger partial charge in [0.25, 0.3) is 0 Å². The first-order chi connectivity index (χ1) is 22.4. The number of carbonyl (C=O) groups is 1. The number of unbranched alkanes of at least 4 members (excludes halogenated alkanes) is 1. The average Bonchev–Trinajstić information content (AvgIpc) is 3.24. The molecule has 1 aliphatic carbocycles. The van der Waals surface area contributed by atoms with Gasteiger partial charge in [-0.05, 0) is 96.3 Å². The van der Waals surface area contributed by atoms with Crippen molar-refractivity contribution in [1.82, 2.24) is 4.90 Å². The molecular weight excluding hydrogens is 570 g/mol. The molecule has 1 N–H and O–H groups in total. The predicted molar refractivity (Wildman–Crippen MR) is 186 cm³/mol. The molecule has 0 heterocycles. The van der Waals surface area contributed by atoms with Crippen LogP contribution >= 0.6 is 0 Å². The Hall–Kier alpha value is -3.93. The van der Waals surface area contributed by atoms with Gasteiger partial charge in [0.15, 0.2) is 6.10 Å². The quantitative estimate of drug-likeness (QED) is 0.145. The van der Waals surface area contributed by atoms with E-state index < -0.39 is 12.1 Å². The van der Waals surface area contributed by atoms with E-state index in [4.69, 9.17) is 9.47 Å². The number of hydrogen-bond donors (Lipinski definition) is 1. The third-order valence-corrected chi connectivity index (χ3v) is 9.39. The van der Waals surface area contributed by atoms with Gasteiger partial charge in [-0.2, -0.15) is 0 Å². The number of aliphatic carboxylic acids is 1. The molecule has 4 aromatic rings. The van der Waals surface area contributed by atoms with Crippen molar-refractivity contribution in [2.75, 3.05) is 26.8 Å². The van der Waals surface area contributed by atoms with E-state index in [-0.39, 0.29) is 6.04 Å². The highest BCUT2D eigenvalue weighted by molar-refractivity contribution is 5.72. The van der Waals surface area contributed by atoms with Crippen LogP contribution in [-0.4, -0.2) is 48.9 Å². The van der Waals surface area contributed by atoms with Gasteiger partial charge in [0.05, 0.1) is 6.04 Å². The molecule has 0 saturated carbocycles. The zero-order valence-corrected chi connectivity index (χ0v) is 27.9. The van der Waals surface area contributed by atoms with Gasteiger partial charge in [0, 0.05) is 25.5 Å². The molecule has 0 amide bonds. The van der Waals surface area contributed by atoms with E-state index in [0.29, 0.717) is 25.6 Å². The first-order valence-corrected chi connectivity index (χ1v) is 16.9. The van der Waals surface area contributed by atoms with Crippen molar-refractivity contribution in [2.24, 2.45) is 0 Å². The molecule has 3 atom stereocenters. The van der Waals surface area contributed by atoms with Gasteiger partial charge in [0.2, 0.25) is 0 Å². The summed E-state index contributed by atoms with van der Waals surface area (Å²) in [7, 11) is 2.22. The van der Waals surface area contributed by atoms with Crippen molar-refractivity contribution in [1.29, 1.82) is 0 Å². The number of carboxylic acid groups (broad SMARTS) is 1. The Morgan fingerprint density at radius 1 is 0.870 bits per heavy atom. The normalized spacial score (nSPS) is 15.5. The smallest absolute Gasteiger partial charge is 0.333 e. The molecule has 1 aliphatic rings. The molecule has 5 rings (SSSR count). The standard InChI is InChI=1S/C41H49NO4/c1-5-7-11-30-14-17-33-18-19-35-28-34(29(3)32-12-9-8-10-13-32)20-23-37(35)40(38(33)26-30)42(4)24-25-46-36-21-15-31(16-22-36)27-39(41(43)44)45-6-2/h8-10,12-17,20-23,26,28-29,39-40H,5-7,11,18-19,24-25,27H2,1-4H3,(H,43,44). The summed E-state index contributed by atoms with van der Waals surface area (Å²) in [5, 5.41) is 9.42. The molecule has 242 valence electrons. The molecule has 5 nitrogen and oxygen atoms in total. The highest BCUT2D eigenvalue weighted by Gasteiger charge is 2.28. The fourth-order valence-electron chi connectivity index (χ4n) is 6.68. The topological polar surface area (TPSA) is 59.0 Å². The molecule has 0 saturated heterocycles. The van der Waals surface area contributed by atoms with E-state index in [0.717, 1.165) is 37.1 Å². The number of benzene rings is 4. The van der Waals surface area contributed by atoms with Crippen molar-refractivity contribution in [3.05, 3.63) is 136 Å². The minimum absolute atomic E-state index is 0.146. The third-order valence-electron chi connectivity index (χ3n) is 9.39. The second-order valence-electron chi connectivity index (χ2n) is 12.6. The molecule has 0 aliphatic heterocycles. The van der Waals surface area contributed by atoms with Crippen molar-refractivity contribution in [3.63, 3.8) is 0 Å². The van der Waals surface area contributed by atoms with Gasteiger partial charge in [-0.25, -0.2) is 4.79 Å². The highest BCUT2D eigenvalue weighted by Crippen LogP contribution is 2.38. The van der Waals surface area contributed by atoms with Crippen LogP contribution in [0.5, 0.6) is 5.75 Å². The number of nitrogens with zero attached hydrogens (tertiary/aromatic N) is 1. The first-order valence-electron chi connectivity index (χ1n) is 16.9. The lowest BCUT2D eigenvalue weighted by molar-refractivity contribution is -0.149. The van der Waals surface area contributed by atoms with Crippen molar-refractivity contribution in [2.45, 2.75) is 77.4 Å². The lowest BCUT2D eigenvalue weighted by atomic mass is 9.87. The van der Waals surface area contributed by atoms with Crippen molar-refractivity contribution >= 4 is 5.97 Å². The van der Waals surface area contributed by atoms with Crippen molar-refractivity contribution in [3.8, 4) is 5.75 Å². The minimum Gasteiger partial charge on any atom is -0.492 e. The maximum absolute atomic E-state index is 11.5. The van der Waals surface area contributed by atoms with Gasteiger partial charge in [-0.15, -0.1) is 0 Å². The summed E-state index contributed by atoms with van der Waals surface area (Å²) >= 11 is 0. The van der Waals surface area contributed by atoms with Crippen LogP contribution in [0.15, 0.2) is 91.0 Å². The molecule has 0 fully saturated rings. The summed E-state index contributed by atoms with van der Waals surface area (Å²) in [5.41, 5.74) is 10.7. The Kier molecular flexibility index (Phi) is 11.7. The number of likely N-dealkylation sites (N-methyl/N-ethyl adjacent to an activating group) is 1. The molecular formula is C41H49NO4. The Labute approximate surface area is 275 Å². The number of ether oxygens (including phenoxy) is 2. The van der Waals surface area contributed by atoms with E-state index in [9.17, 15) is 9.90 Å². The second-order valence-corrected chi connectivity index (χ2v) is 12.6. The molecule has 3 unspecified atom stereocenters. The summed E-state index contributed by atoms with van der Waals surface area (Å²) in [5.74, 6) is 0.178. The molecule has 0 radical (unpaired) electrons. The van der Waals surface area contributed by atoms with E-state index in [1.54, 1.807) is 0 Å². The maximum Gasteiger partial charge on any atom is 0.333 e. The minimum atomic E-state index is -0.939. The van der Waals surface area contributed by atoms with Crippen LogP contribution in [0.2, 0.25) is 0 Å². The van der Waals surface area contributed by atoms with Crippen LogP contribution in [0.3, 0.4) is 0 Å². The van der Waals surface area contributed by atoms with E-state index in [1.807, 2.05) is 31.2 Å². The summed E-state index contributed by atoms with van der Waals surface area (Å²) < 4.78 is 11.6. The first kappa shape index (κ1) is 33.4. The maximum atomic E-state index is 11.5. The summed E-state index contributed by atoms with van der Waals surface area (Å²) in [6.07, 6.45) is 5.07. The number of carboxylic acids is 1. The zero-order valence-electron chi connectivity index (χ0n) is 27.9. The zero-order chi connectivity index (χ0) is 32.5. The fraction of sp³-hybridized carbons (Fsp3) is 0.390. The third kappa shape index (κ3) is 8.26. The van der Waals surface area contributed by atoms with Crippen LogP contribution in [0.4, 0.5) is 0 Å². The van der Waals surface area contributed by atoms with Gasteiger partial charge in [0.1, 0.15) is 12.4 Å². The molecule has 5 heteroatoms. The largest absolute Gasteiger partial charge is 0.492 e. The van der Waals surface area contributed by atoms with E-state index in [2.05, 4.69) is 92.5 Å². The van der Waals surface area contributed by atoms with E-state index >= 15 is 0 Å². The number of rotatable bonds is 15. The van der Waals surface area contributed by atoms with Gasteiger partial charge in [-0.1, -0.05) is 99.1 Å². The van der Waals surface area contributed by atoms with Crippen LogP contribution in [0.1, 0.15) is 90.1 Å². The van der Waals surface area contributed by atoms with Gasteiger partial charge < -0.3 is 14.6 Å². The Morgan fingerprint density at radius 2 is 1.61 bits per heavy atom. The molecule has 46 heavy (non-hydrogen) atoms. The second kappa shape index (κ2) is 16.1. The predicted octanol–water partition coefficient (Wildman–Crippen LogP) is 8.41. The Bertz CT molecular complexity index is 1570. The molecule has 0 spiro atoms. The van der Waals surface area contributed by atoms with E-state index in [1.165, 1.54) is 51.8 Å². The highest BCUT2D eigenvalue weighted by atomic mass is 16.5. The summed E-state index contributed by atoms with van der Waals surface area (Å²) in [6.45, 7) is 8.05. The Morgan fingerprint density at radius 3 is 2.33 bits per heavy atom. The van der Waals surface area contributed by atoms with Gasteiger partial charge in [-0.3, -0.25) is 4.90 Å². The Balaban J connectivity index is 1.35. The lowest BCUT2D eigenvalue weighted by Gasteiger charge is -2.31. The summed E-state index contributed by atoms with van der Waals surface area (Å²) in [6, 6.07) is 33.0. The fourth-order valence-corrected chi connectivity index (χ4v) is 6.68. The number of hydrogen-bond acceptors (Lipinski definition) is 4. The molecule has 4 aromatic carbocycles. The van der Waals surface area contributed by atoms with Crippen LogP contribution < -0.4 is 4.74 Å². The number of fused-ring (bicyclic) bond motifs is 2. The monoisotopic (exact) mass is 619 g/mol. The van der Waals surface area contributed by atoms with Crippen LogP contribution in [0, 0.1) is 0 Å². The SMILES string of the molecule is CCCCc1ccc2c(c1)C(N(C)CCOc1ccc(CC(OCC)C(=O)O)cc1)c1ccc(C(C)c3ccccc3)cc1CC2. The summed E-state index contributed by atoms with van der Waals surface area (Å²) in [4.78, 5) is 13.9. The van der Waals surface area contributed by atoms with Crippen LogP contribution in [0.25, 0.3) is 0 Å². The average molecular weight is 620 g/mol. The van der Waals surface area contributed by atoms with Crippen molar-refractivity contribution < 1.29 is 19.4 Å². The van der Waals surface area contributed by atoms with Crippen LogP contribution in [-0.2, 0) is 35.2 Å². The molecule has 0 bridgehead atoms. The lowest BCUT2D eigenvalue weighted by Crippen LogP contribution is -2.30. The molecule has 0 aromatic heterocycles.